The van der Waals surface area contributed by atoms with Crippen LogP contribution in [0.1, 0.15) is 20.3 Å². The van der Waals surface area contributed by atoms with Gasteiger partial charge in [-0.15, -0.1) is 0 Å². The van der Waals surface area contributed by atoms with E-state index in [-0.39, 0.29) is 26.1 Å². The minimum atomic E-state index is -4.51. The Hall–Kier alpha value is -0.820. The summed E-state index contributed by atoms with van der Waals surface area (Å²) in [7, 11) is 1.87. The normalized spacial score (nSPS) is 24.2. The SMILES string of the molecule is CC(C)N(C)CCNC(=O)C1(C(F)(F)F)CCNC1. The number of alkyl halides is 3. The minimum absolute atomic E-state index is 0.192. The van der Waals surface area contributed by atoms with Gasteiger partial charge in [-0.25, -0.2) is 0 Å². The van der Waals surface area contributed by atoms with Gasteiger partial charge in [0, 0.05) is 25.7 Å². The number of carbonyl (C=O) groups is 1. The Kier molecular flexibility index (Phi) is 5.20. The van der Waals surface area contributed by atoms with Crippen LogP contribution in [0, 0.1) is 5.41 Å². The molecule has 0 saturated carbocycles. The van der Waals surface area contributed by atoms with Crippen molar-refractivity contribution in [2.75, 3.05) is 33.2 Å². The lowest BCUT2D eigenvalue weighted by Crippen LogP contribution is -2.53. The van der Waals surface area contributed by atoms with Gasteiger partial charge in [-0.3, -0.25) is 4.79 Å². The lowest BCUT2D eigenvalue weighted by molar-refractivity contribution is -0.216. The zero-order valence-electron chi connectivity index (χ0n) is 11.6. The predicted molar refractivity (Wildman–Crippen MR) is 66.8 cm³/mol. The number of nitrogens with zero attached hydrogens (tertiary/aromatic N) is 1. The summed E-state index contributed by atoms with van der Waals surface area (Å²) in [5.41, 5.74) is -2.26. The van der Waals surface area contributed by atoms with E-state index in [1.165, 1.54) is 0 Å². The fourth-order valence-corrected chi connectivity index (χ4v) is 2.03. The fraction of sp³-hybridized carbons (Fsp3) is 0.917. The van der Waals surface area contributed by atoms with Crippen LogP contribution in [0.15, 0.2) is 0 Å². The number of amides is 1. The van der Waals surface area contributed by atoms with Crippen LogP contribution in [-0.4, -0.2) is 56.3 Å². The average molecular weight is 281 g/mol. The largest absolute Gasteiger partial charge is 0.404 e. The van der Waals surface area contributed by atoms with Crippen molar-refractivity contribution < 1.29 is 18.0 Å². The molecule has 19 heavy (non-hydrogen) atoms. The molecule has 0 aromatic heterocycles. The quantitative estimate of drug-likeness (QED) is 0.790. The van der Waals surface area contributed by atoms with Crippen LogP contribution in [0.2, 0.25) is 0 Å². The molecule has 2 N–H and O–H groups in total. The average Bonchev–Trinajstić information content (AvgIpc) is 2.77. The molecule has 1 saturated heterocycles. The van der Waals surface area contributed by atoms with Crippen molar-refractivity contribution in [3.8, 4) is 0 Å². The summed E-state index contributed by atoms with van der Waals surface area (Å²) in [6.45, 7) is 4.62. The third-order valence-corrected chi connectivity index (χ3v) is 3.76. The van der Waals surface area contributed by atoms with Crippen LogP contribution >= 0.6 is 0 Å². The highest BCUT2D eigenvalue weighted by Crippen LogP contribution is 2.43. The molecule has 0 aromatic rings. The Labute approximate surface area is 111 Å². The second-order valence-corrected chi connectivity index (χ2v) is 5.34. The smallest absolute Gasteiger partial charge is 0.354 e. The third-order valence-electron chi connectivity index (χ3n) is 3.76. The number of hydrogen-bond donors (Lipinski definition) is 2. The number of rotatable bonds is 5. The van der Waals surface area contributed by atoms with Gasteiger partial charge < -0.3 is 15.5 Å². The molecule has 1 rings (SSSR count). The summed E-state index contributed by atoms with van der Waals surface area (Å²) in [4.78, 5) is 13.8. The van der Waals surface area contributed by atoms with Gasteiger partial charge in [0.25, 0.3) is 0 Å². The summed E-state index contributed by atoms with van der Waals surface area (Å²) in [6.07, 6.45) is -4.70. The maximum atomic E-state index is 13.1. The van der Waals surface area contributed by atoms with Gasteiger partial charge in [0.1, 0.15) is 0 Å². The molecule has 1 amide bonds. The first kappa shape index (κ1) is 16.2. The van der Waals surface area contributed by atoms with Gasteiger partial charge in [-0.05, 0) is 33.9 Å². The Balaban J connectivity index is 2.56. The molecule has 7 heteroatoms. The van der Waals surface area contributed by atoms with Crippen molar-refractivity contribution in [3.63, 3.8) is 0 Å². The van der Waals surface area contributed by atoms with E-state index in [9.17, 15) is 18.0 Å². The zero-order valence-corrected chi connectivity index (χ0v) is 11.6. The molecular formula is C12H22F3N3O. The van der Waals surface area contributed by atoms with Gasteiger partial charge in [-0.1, -0.05) is 0 Å². The molecule has 1 aliphatic rings. The van der Waals surface area contributed by atoms with Crippen LogP contribution in [0.25, 0.3) is 0 Å². The van der Waals surface area contributed by atoms with Crippen LogP contribution in [0.4, 0.5) is 13.2 Å². The molecule has 0 radical (unpaired) electrons. The van der Waals surface area contributed by atoms with Gasteiger partial charge in [0.2, 0.25) is 5.91 Å². The Morgan fingerprint density at radius 1 is 1.47 bits per heavy atom. The van der Waals surface area contributed by atoms with E-state index >= 15 is 0 Å². The van der Waals surface area contributed by atoms with Crippen molar-refractivity contribution in [2.45, 2.75) is 32.5 Å². The van der Waals surface area contributed by atoms with E-state index in [4.69, 9.17) is 0 Å². The summed E-state index contributed by atoms with van der Waals surface area (Å²) in [6, 6.07) is 0.293. The summed E-state index contributed by atoms with van der Waals surface area (Å²) < 4.78 is 39.2. The summed E-state index contributed by atoms with van der Waals surface area (Å²) in [5, 5.41) is 5.04. The maximum absolute atomic E-state index is 13.1. The highest BCUT2D eigenvalue weighted by molar-refractivity contribution is 5.84. The molecule has 0 aromatic carbocycles. The van der Waals surface area contributed by atoms with Crippen molar-refractivity contribution in [1.82, 2.24) is 15.5 Å². The number of likely N-dealkylation sites (N-methyl/N-ethyl adjacent to an activating group) is 1. The molecule has 1 unspecified atom stereocenters. The highest BCUT2D eigenvalue weighted by Gasteiger charge is 2.61. The van der Waals surface area contributed by atoms with Gasteiger partial charge in [0.15, 0.2) is 5.41 Å². The molecular weight excluding hydrogens is 259 g/mol. The van der Waals surface area contributed by atoms with E-state index in [1.54, 1.807) is 0 Å². The lowest BCUT2D eigenvalue weighted by atomic mass is 9.85. The summed E-state index contributed by atoms with van der Waals surface area (Å²) >= 11 is 0. The first-order valence-electron chi connectivity index (χ1n) is 6.47. The number of hydrogen-bond acceptors (Lipinski definition) is 3. The molecule has 4 nitrogen and oxygen atoms in total. The van der Waals surface area contributed by atoms with E-state index < -0.39 is 17.5 Å². The molecule has 0 bridgehead atoms. The first-order chi connectivity index (χ1) is 8.71. The second-order valence-electron chi connectivity index (χ2n) is 5.34. The molecule has 0 spiro atoms. The molecule has 1 aliphatic heterocycles. The van der Waals surface area contributed by atoms with Gasteiger partial charge in [0.05, 0.1) is 0 Å². The van der Waals surface area contributed by atoms with Crippen molar-refractivity contribution in [3.05, 3.63) is 0 Å². The standard InChI is InChI=1S/C12H22F3N3O/c1-9(2)18(3)7-6-17-10(19)11(12(13,14)15)4-5-16-8-11/h9,16H,4-8H2,1-3H3,(H,17,19). The zero-order chi connectivity index (χ0) is 14.7. The molecule has 0 aliphatic carbocycles. The summed E-state index contributed by atoms with van der Waals surface area (Å²) in [5.74, 6) is -0.915. The number of nitrogens with one attached hydrogen (secondary N) is 2. The Bertz CT molecular complexity index is 312. The predicted octanol–water partition coefficient (Wildman–Crippen LogP) is 0.985. The molecule has 1 atom stereocenters. The third kappa shape index (κ3) is 3.60. The van der Waals surface area contributed by atoms with Crippen LogP contribution < -0.4 is 10.6 Å². The van der Waals surface area contributed by atoms with E-state index in [1.807, 2.05) is 25.8 Å². The van der Waals surface area contributed by atoms with Gasteiger partial charge >= 0.3 is 6.18 Å². The molecule has 1 heterocycles. The van der Waals surface area contributed by atoms with Crippen molar-refractivity contribution >= 4 is 5.91 Å². The monoisotopic (exact) mass is 281 g/mol. The highest BCUT2D eigenvalue weighted by atomic mass is 19.4. The molecule has 1 fully saturated rings. The minimum Gasteiger partial charge on any atom is -0.354 e. The number of carbonyl (C=O) groups excluding carboxylic acids is 1. The van der Waals surface area contributed by atoms with Gasteiger partial charge in [-0.2, -0.15) is 13.2 Å². The van der Waals surface area contributed by atoms with E-state index in [0.29, 0.717) is 12.6 Å². The van der Waals surface area contributed by atoms with E-state index in [0.717, 1.165) is 0 Å². The lowest BCUT2D eigenvalue weighted by Gasteiger charge is -2.30. The molecule has 112 valence electrons. The Morgan fingerprint density at radius 2 is 2.11 bits per heavy atom. The number of halogens is 3. The van der Waals surface area contributed by atoms with Crippen molar-refractivity contribution in [1.29, 1.82) is 0 Å². The topological polar surface area (TPSA) is 44.4 Å². The Morgan fingerprint density at radius 3 is 2.53 bits per heavy atom. The van der Waals surface area contributed by atoms with Crippen LogP contribution in [0.3, 0.4) is 0 Å². The van der Waals surface area contributed by atoms with Crippen LogP contribution in [0.5, 0.6) is 0 Å². The van der Waals surface area contributed by atoms with Crippen molar-refractivity contribution in [2.24, 2.45) is 5.41 Å². The first-order valence-corrected chi connectivity index (χ1v) is 6.47. The second kappa shape index (κ2) is 6.09. The fourth-order valence-electron chi connectivity index (χ4n) is 2.03. The van der Waals surface area contributed by atoms with Crippen LogP contribution in [-0.2, 0) is 4.79 Å². The van der Waals surface area contributed by atoms with E-state index in [2.05, 4.69) is 10.6 Å². The maximum Gasteiger partial charge on any atom is 0.404 e.